The highest BCUT2D eigenvalue weighted by molar-refractivity contribution is 8.00. The van der Waals surface area contributed by atoms with Crippen molar-refractivity contribution in [3.05, 3.63) is 58.9 Å². The maximum atomic E-state index is 13.0. The molecule has 0 saturated carbocycles. The predicted octanol–water partition coefficient (Wildman–Crippen LogP) is 4.41. The largest absolute Gasteiger partial charge is 0.325 e. The first-order valence-electron chi connectivity index (χ1n) is 6.44. The monoisotopic (exact) mass is 337 g/mol. The standard InChI is InChI=1S/C16H13ClFNO2S/c1-10(20)11-2-4-12(5-3-11)19-16(21)9-22-13-6-7-15(18)14(17)8-13/h2-8H,9H2,1H3,(H,19,21). The van der Waals surface area contributed by atoms with E-state index in [2.05, 4.69) is 5.32 Å². The van der Waals surface area contributed by atoms with Gasteiger partial charge in [0.05, 0.1) is 10.8 Å². The maximum Gasteiger partial charge on any atom is 0.234 e. The second-order valence-electron chi connectivity index (χ2n) is 4.55. The van der Waals surface area contributed by atoms with E-state index >= 15 is 0 Å². The minimum absolute atomic E-state index is 0.0263. The molecular weight excluding hydrogens is 325 g/mol. The van der Waals surface area contributed by atoms with E-state index in [1.165, 1.54) is 30.8 Å². The Balaban J connectivity index is 1.89. The van der Waals surface area contributed by atoms with Gasteiger partial charge in [-0.25, -0.2) is 4.39 Å². The first-order chi connectivity index (χ1) is 10.5. The molecule has 0 atom stereocenters. The molecule has 2 aromatic carbocycles. The van der Waals surface area contributed by atoms with E-state index in [0.29, 0.717) is 16.1 Å². The molecule has 0 saturated heterocycles. The fourth-order valence-corrected chi connectivity index (χ4v) is 2.68. The van der Waals surface area contributed by atoms with Crippen LogP contribution in [0.1, 0.15) is 17.3 Å². The van der Waals surface area contributed by atoms with Crippen molar-refractivity contribution in [3.63, 3.8) is 0 Å². The van der Waals surface area contributed by atoms with Gasteiger partial charge in [-0.1, -0.05) is 11.6 Å². The molecule has 0 radical (unpaired) electrons. The topological polar surface area (TPSA) is 46.2 Å². The molecule has 0 unspecified atom stereocenters. The summed E-state index contributed by atoms with van der Waals surface area (Å²) in [5, 5.41) is 2.76. The Labute approximate surface area is 136 Å². The highest BCUT2D eigenvalue weighted by Crippen LogP contribution is 2.24. The van der Waals surface area contributed by atoms with Crippen LogP contribution >= 0.6 is 23.4 Å². The number of ketones is 1. The third-order valence-electron chi connectivity index (χ3n) is 2.84. The molecule has 1 amide bonds. The second kappa shape index (κ2) is 7.42. The van der Waals surface area contributed by atoms with Crippen molar-refractivity contribution in [2.75, 3.05) is 11.1 Å². The van der Waals surface area contributed by atoms with Crippen LogP contribution in [-0.4, -0.2) is 17.4 Å². The highest BCUT2D eigenvalue weighted by atomic mass is 35.5. The van der Waals surface area contributed by atoms with Crippen molar-refractivity contribution in [1.29, 1.82) is 0 Å². The fraction of sp³-hybridized carbons (Fsp3) is 0.125. The molecule has 0 aromatic heterocycles. The summed E-state index contributed by atoms with van der Waals surface area (Å²) in [6.45, 7) is 1.48. The molecule has 0 aliphatic carbocycles. The summed E-state index contributed by atoms with van der Waals surface area (Å²) in [6.07, 6.45) is 0. The lowest BCUT2D eigenvalue weighted by Crippen LogP contribution is -2.14. The molecule has 0 aliphatic heterocycles. The summed E-state index contributed by atoms with van der Waals surface area (Å²) >= 11 is 6.94. The van der Waals surface area contributed by atoms with Crippen LogP contribution in [-0.2, 0) is 4.79 Å². The minimum atomic E-state index is -0.485. The summed E-state index contributed by atoms with van der Waals surface area (Å²) in [7, 11) is 0. The second-order valence-corrected chi connectivity index (χ2v) is 6.00. The van der Waals surface area contributed by atoms with Crippen molar-refractivity contribution >= 4 is 40.7 Å². The Morgan fingerprint density at radius 1 is 1.18 bits per heavy atom. The van der Waals surface area contributed by atoms with E-state index in [9.17, 15) is 14.0 Å². The van der Waals surface area contributed by atoms with Gasteiger partial charge < -0.3 is 5.32 Å². The number of carbonyl (C=O) groups is 2. The van der Waals surface area contributed by atoms with Gasteiger partial charge in [0, 0.05) is 16.1 Å². The summed E-state index contributed by atoms with van der Waals surface area (Å²) < 4.78 is 13.0. The summed E-state index contributed by atoms with van der Waals surface area (Å²) in [4.78, 5) is 23.7. The lowest BCUT2D eigenvalue weighted by Gasteiger charge is -2.06. The summed E-state index contributed by atoms with van der Waals surface area (Å²) in [5.74, 6) is -0.528. The van der Waals surface area contributed by atoms with Crippen LogP contribution in [0.25, 0.3) is 0 Å². The van der Waals surface area contributed by atoms with Gasteiger partial charge >= 0.3 is 0 Å². The molecule has 1 N–H and O–H groups in total. The van der Waals surface area contributed by atoms with E-state index in [-0.39, 0.29) is 22.5 Å². The number of halogens is 2. The van der Waals surface area contributed by atoms with Gasteiger partial charge in [-0.15, -0.1) is 11.8 Å². The van der Waals surface area contributed by atoms with Crippen LogP contribution in [0.4, 0.5) is 10.1 Å². The number of carbonyl (C=O) groups excluding carboxylic acids is 2. The molecule has 2 rings (SSSR count). The summed E-state index contributed by atoms with van der Waals surface area (Å²) in [5.41, 5.74) is 1.21. The third-order valence-corrected chi connectivity index (χ3v) is 4.12. The van der Waals surface area contributed by atoms with Crippen molar-refractivity contribution in [3.8, 4) is 0 Å². The quantitative estimate of drug-likeness (QED) is 0.649. The van der Waals surface area contributed by atoms with Crippen LogP contribution in [0.15, 0.2) is 47.4 Å². The number of anilines is 1. The van der Waals surface area contributed by atoms with Crippen molar-refractivity contribution in [2.24, 2.45) is 0 Å². The molecule has 22 heavy (non-hydrogen) atoms. The molecule has 0 bridgehead atoms. The third kappa shape index (κ3) is 4.58. The van der Waals surface area contributed by atoms with Crippen molar-refractivity contribution in [1.82, 2.24) is 0 Å². The van der Waals surface area contributed by atoms with Gasteiger partial charge in [-0.2, -0.15) is 0 Å². The number of thioether (sulfide) groups is 1. The van der Waals surface area contributed by atoms with Crippen LogP contribution in [0.5, 0.6) is 0 Å². The molecule has 6 heteroatoms. The van der Waals surface area contributed by atoms with Gasteiger partial charge in [-0.05, 0) is 49.4 Å². The number of Topliss-reactive ketones (excluding diaryl/α,β-unsaturated/α-hetero) is 1. The molecular formula is C16H13ClFNO2S. The molecule has 114 valence electrons. The first kappa shape index (κ1) is 16.5. The molecule has 0 aliphatic rings. The summed E-state index contributed by atoms with van der Waals surface area (Å²) in [6, 6.07) is 11.0. The van der Waals surface area contributed by atoms with Gasteiger partial charge in [0.1, 0.15) is 5.82 Å². The fourth-order valence-electron chi connectivity index (χ4n) is 1.70. The SMILES string of the molecule is CC(=O)c1ccc(NC(=O)CSc2ccc(F)c(Cl)c2)cc1. The van der Waals surface area contributed by atoms with Crippen LogP contribution in [0.2, 0.25) is 5.02 Å². The zero-order valence-corrected chi connectivity index (χ0v) is 13.3. The lowest BCUT2D eigenvalue weighted by atomic mass is 10.1. The first-order valence-corrected chi connectivity index (χ1v) is 7.81. The zero-order valence-electron chi connectivity index (χ0n) is 11.7. The number of amides is 1. The molecule has 0 heterocycles. The Morgan fingerprint density at radius 2 is 1.86 bits per heavy atom. The van der Waals surface area contributed by atoms with Crippen LogP contribution in [0.3, 0.4) is 0 Å². The van der Waals surface area contributed by atoms with Crippen molar-refractivity contribution in [2.45, 2.75) is 11.8 Å². The van der Waals surface area contributed by atoms with Crippen LogP contribution < -0.4 is 5.32 Å². The van der Waals surface area contributed by atoms with Gasteiger partial charge in [-0.3, -0.25) is 9.59 Å². The normalized spacial score (nSPS) is 10.3. The van der Waals surface area contributed by atoms with E-state index in [0.717, 1.165) is 0 Å². The Bertz CT molecular complexity index is 704. The molecule has 0 spiro atoms. The zero-order chi connectivity index (χ0) is 16.1. The average molecular weight is 338 g/mol. The number of rotatable bonds is 5. The number of hydrogen-bond donors (Lipinski definition) is 1. The van der Waals surface area contributed by atoms with Gasteiger partial charge in [0.15, 0.2) is 5.78 Å². The Hall–Kier alpha value is -1.85. The lowest BCUT2D eigenvalue weighted by molar-refractivity contribution is -0.113. The molecule has 0 fully saturated rings. The van der Waals surface area contributed by atoms with Crippen molar-refractivity contribution < 1.29 is 14.0 Å². The van der Waals surface area contributed by atoms with Gasteiger partial charge in [0.2, 0.25) is 5.91 Å². The maximum absolute atomic E-state index is 13.0. The van der Waals surface area contributed by atoms with E-state index in [1.807, 2.05) is 0 Å². The number of nitrogens with one attached hydrogen (secondary N) is 1. The molecule has 2 aromatic rings. The smallest absolute Gasteiger partial charge is 0.234 e. The Kier molecular flexibility index (Phi) is 5.57. The Morgan fingerprint density at radius 3 is 2.45 bits per heavy atom. The van der Waals surface area contributed by atoms with Crippen LogP contribution in [0, 0.1) is 5.82 Å². The van der Waals surface area contributed by atoms with E-state index in [4.69, 9.17) is 11.6 Å². The average Bonchev–Trinajstić information content (AvgIpc) is 2.49. The molecule has 3 nitrogen and oxygen atoms in total. The number of hydrogen-bond acceptors (Lipinski definition) is 3. The predicted molar refractivity (Wildman–Crippen MR) is 87.2 cm³/mol. The van der Waals surface area contributed by atoms with E-state index < -0.39 is 5.82 Å². The number of benzene rings is 2. The van der Waals surface area contributed by atoms with E-state index in [1.54, 1.807) is 30.3 Å². The van der Waals surface area contributed by atoms with Gasteiger partial charge in [0.25, 0.3) is 0 Å². The highest BCUT2D eigenvalue weighted by Gasteiger charge is 2.06. The minimum Gasteiger partial charge on any atom is -0.325 e.